The first-order chi connectivity index (χ1) is 10.8. The molecule has 22 heavy (non-hydrogen) atoms. The van der Waals surface area contributed by atoms with Gasteiger partial charge in [0.25, 0.3) is 0 Å². The highest BCUT2D eigenvalue weighted by Gasteiger charge is 2.20. The molecular weight excluding hydrogens is 294 g/mol. The minimum absolute atomic E-state index is 0.615. The van der Waals surface area contributed by atoms with Gasteiger partial charge in [0.15, 0.2) is 11.5 Å². The molecule has 0 radical (unpaired) electrons. The molecular formula is C18H19NO2S. The van der Waals surface area contributed by atoms with Crippen LogP contribution in [0.5, 0.6) is 11.5 Å². The highest BCUT2D eigenvalue weighted by atomic mass is 32.2. The topological polar surface area (TPSA) is 30.8 Å². The highest BCUT2D eigenvalue weighted by Crippen LogP contribution is 2.39. The smallest absolute Gasteiger partial charge is 0.162 e. The summed E-state index contributed by atoms with van der Waals surface area (Å²) in [6.45, 7) is 5.21. The van der Waals surface area contributed by atoms with E-state index in [1.807, 2.05) is 32.0 Å². The van der Waals surface area contributed by atoms with Crippen molar-refractivity contribution < 1.29 is 9.47 Å². The molecule has 4 heteroatoms. The molecule has 0 unspecified atom stereocenters. The number of hydrogen-bond acceptors (Lipinski definition) is 4. The molecule has 0 atom stereocenters. The molecule has 3 rings (SSSR count). The number of fused-ring (bicyclic) bond motifs is 1. The van der Waals surface area contributed by atoms with Gasteiger partial charge in [0.1, 0.15) is 0 Å². The Balaban J connectivity index is 2.07. The lowest BCUT2D eigenvalue weighted by molar-refractivity contribution is 0.287. The van der Waals surface area contributed by atoms with Gasteiger partial charge in [-0.3, -0.25) is 4.99 Å². The number of nitrogens with zero attached hydrogens (tertiary/aromatic N) is 1. The first-order valence-corrected chi connectivity index (χ1v) is 8.48. The van der Waals surface area contributed by atoms with Crippen LogP contribution in [0.3, 0.4) is 0 Å². The van der Waals surface area contributed by atoms with Crippen molar-refractivity contribution in [2.45, 2.75) is 18.7 Å². The molecule has 0 aliphatic carbocycles. The SMILES string of the molecule is CCOc1cc2c(cc1OCC)C(c1ccccc1)=NCS2. The summed E-state index contributed by atoms with van der Waals surface area (Å²) >= 11 is 1.73. The average molecular weight is 313 g/mol. The summed E-state index contributed by atoms with van der Waals surface area (Å²) in [6.07, 6.45) is 0. The summed E-state index contributed by atoms with van der Waals surface area (Å²) in [5.74, 6) is 2.33. The maximum atomic E-state index is 5.75. The largest absolute Gasteiger partial charge is 0.490 e. The molecule has 0 fully saturated rings. The Kier molecular flexibility index (Phi) is 4.68. The number of rotatable bonds is 5. The van der Waals surface area contributed by atoms with Gasteiger partial charge >= 0.3 is 0 Å². The van der Waals surface area contributed by atoms with Crippen molar-refractivity contribution in [1.29, 1.82) is 0 Å². The van der Waals surface area contributed by atoms with Crippen LogP contribution in [0.15, 0.2) is 52.4 Å². The zero-order valence-corrected chi connectivity index (χ0v) is 13.7. The van der Waals surface area contributed by atoms with Crippen molar-refractivity contribution >= 4 is 17.5 Å². The van der Waals surface area contributed by atoms with Crippen molar-refractivity contribution in [3.05, 3.63) is 53.6 Å². The van der Waals surface area contributed by atoms with E-state index in [1.54, 1.807) is 11.8 Å². The maximum absolute atomic E-state index is 5.75. The molecule has 0 saturated heterocycles. The van der Waals surface area contributed by atoms with Gasteiger partial charge < -0.3 is 9.47 Å². The van der Waals surface area contributed by atoms with Gasteiger partial charge in [-0.25, -0.2) is 0 Å². The van der Waals surface area contributed by atoms with Crippen molar-refractivity contribution in [3.8, 4) is 11.5 Å². The minimum atomic E-state index is 0.615. The van der Waals surface area contributed by atoms with E-state index in [1.165, 1.54) is 4.90 Å². The van der Waals surface area contributed by atoms with Crippen LogP contribution in [0.2, 0.25) is 0 Å². The fourth-order valence-corrected chi connectivity index (χ4v) is 3.31. The van der Waals surface area contributed by atoms with E-state index in [2.05, 4.69) is 24.3 Å². The van der Waals surface area contributed by atoms with Crippen LogP contribution < -0.4 is 9.47 Å². The van der Waals surface area contributed by atoms with Gasteiger partial charge in [-0.05, 0) is 26.0 Å². The van der Waals surface area contributed by atoms with Gasteiger partial charge in [0, 0.05) is 16.0 Å². The molecule has 1 aliphatic heterocycles. The zero-order valence-electron chi connectivity index (χ0n) is 12.8. The third kappa shape index (κ3) is 2.97. The fraction of sp³-hybridized carbons (Fsp3) is 0.278. The molecule has 0 bridgehead atoms. The van der Waals surface area contributed by atoms with E-state index in [9.17, 15) is 0 Å². The Morgan fingerprint density at radius 3 is 2.36 bits per heavy atom. The average Bonchev–Trinajstić information content (AvgIpc) is 2.56. The number of ether oxygens (including phenoxy) is 2. The van der Waals surface area contributed by atoms with Gasteiger partial charge in [-0.15, -0.1) is 11.8 Å². The number of thioether (sulfide) groups is 1. The van der Waals surface area contributed by atoms with Crippen LogP contribution in [0.1, 0.15) is 25.0 Å². The summed E-state index contributed by atoms with van der Waals surface area (Å²) in [4.78, 5) is 5.90. The molecule has 0 aromatic heterocycles. The molecule has 2 aromatic rings. The first kappa shape index (κ1) is 15.0. The van der Waals surface area contributed by atoms with E-state index >= 15 is 0 Å². The monoisotopic (exact) mass is 313 g/mol. The van der Waals surface area contributed by atoms with Crippen LogP contribution in [0.25, 0.3) is 0 Å². The molecule has 0 amide bonds. The summed E-state index contributed by atoms with van der Waals surface area (Å²) in [5, 5.41) is 0. The Morgan fingerprint density at radius 2 is 1.68 bits per heavy atom. The van der Waals surface area contributed by atoms with E-state index in [4.69, 9.17) is 14.5 Å². The molecule has 0 saturated carbocycles. The molecule has 0 N–H and O–H groups in total. The standard InChI is InChI=1S/C18H19NO2S/c1-3-20-15-10-14-17(11-16(15)21-4-2)22-12-19-18(14)13-8-6-5-7-9-13/h5-11H,3-4,12H2,1-2H3. The highest BCUT2D eigenvalue weighted by molar-refractivity contribution is 7.99. The lowest BCUT2D eigenvalue weighted by Gasteiger charge is -2.20. The summed E-state index contributed by atoms with van der Waals surface area (Å²) in [5.41, 5.74) is 3.28. The molecule has 2 aromatic carbocycles. The zero-order chi connectivity index (χ0) is 15.4. The van der Waals surface area contributed by atoms with Gasteiger partial charge in [0.05, 0.1) is 24.8 Å². The quantitative estimate of drug-likeness (QED) is 0.820. The Morgan fingerprint density at radius 1 is 1.00 bits per heavy atom. The van der Waals surface area contributed by atoms with E-state index in [0.29, 0.717) is 13.2 Å². The fourth-order valence-electron chi connectivity index (χ4n) is 2.48. The normalized spacial score (nSPS) is 13.3. The predicted molar refractivity (Wildman–Crippen MR) is 91.6 cm³/mol. The van der Waals surface area contributed by atoms with Crippen LogP contribution in [-0.4, -0.2) is 24.8 Å². The number of benzene rings is 2. The number of aliphatic imine (C=N–C) groups is 1. The molecule has 114 valence electrons. The Labute approximate surface area is 135 Å². The predicted octanol–water partition coefficient (Wildman–Crippen LogP) is 4.38. The second-order valence-corrected chi connectivity index (χ2v) is 5.79. The van der Waals surface area contributed by atoms with Gasteiger partial charge in [-0.2, -0.15) is 0 Å². The molecule has 1 heterocycles. The molecule has 1 aliphatic rings. The van der Waals surface area contributed by atoms with Crippen molar-refractivity contribution in [3.63, 3.8) is 0 Å². The van der Waals surface area contributed by atoms with Gasteiger partial charge in [0.2, 0.25) is 0 Å². The van der Waals surface area contributed by atoms with Crippen LogP contribution >= 0.6 is 11.8 Å². The lowest BCUT2D eigenvalue weighted by Crippen LogP contribution is -2.11. The second-order valence-electron chi connectivity index (χ2n) is 4.81. The van der Waals surface area contributed by atoms with Crippen molar-refractivity contribution in [1.82, 2.24) is 0 Å². The lowest BCUT2D eigenvalue weighted by atomic mass is 10.0. The molecule has 0 spiro atoms. The van der Waals surface area contributed by atoms with E-state index in [0.717, 1.165) is 34.2 Å². The van der Waals surface area contributed by atoms with E-state index in [-0.39, 0.29) is 0 Å². The first-order valence-electron chi connectivity index (χ1n) is 7.50. The summed E-state index contributed by atoms with van der Waals surface area (Å²) in [7, 11) is 0. The Bertz CT molecular complexity index is 683. The van der Waals surface area contributed by atoms with E-state index < -0.39 is 0 Å². The summed E-state index contributed by atoms with van der Waals surface area (Å²) < 4.78 is 11.5. The van der Waals surface area contributed by atoms with Crippen LogP contribution in [-0.2, 0) is 0 Å². The minimum Gasteiger partial charge on any atom is -0.490 e. The third-order valence-electron chi connectivity index (χ3n) is 3.39. The maximum Gasteiger partial charge on any atom is 0.162 e. The summed E-state index contributed by atoms with van der Waals surface area (Å²) in [6, 6.07) is 14.4. The Hall–Kier alpha value is -1.94. The van der Waals surface area contributed by atoms with Crippen LogP contribution in [0, 0.1) is 0 Å². The number of hydrogen-bond donors (Lipinski definition) is 0. The van der Waals surface area contributed by atoms with Crippen molar-refractivity contribution in [2.24, 2.45) is 4.99 Å². The third-order valence-corrected chi connectivity index (χ3v) is 4.30. The van der Waals surface area contributed by atoms with Crippen LogP contribution in [0.4, 0.5) is 0 Å². The molecule has 3 nitrogen and oxygen atoms in total. The van der Waals surface area contributed by atoms with Gasteiger partial charge in [-0.1, -0.05) is 30.3 Å². The second kappa shape index (κ2) is 6.88. The van der Waals surface area contributed by atoms with Crippen molar-refractivity contribution in [2.75, 3.05) is 19.1 Å².